The second kappa shape index (κ2) is 5.35. The predicted molar refractivity (Wildman–Crippen MR) is 77.1 cm³/mol. The average molecular weight is 289 g/mol. The van der Waals surface area contributed by atoms with Gasteiger partial charge in [-0.1, -0.05) is 0 Å². The monoisotopic (exact) mass is 289 g/mol. The molecule has 6 heteroatoms. The summed E-state index contributed by atoms with van der Waals surface area (Å²) in [5, 5.41) is 9.68. The van der Waals surface area contributed by atoms with Gasteiger partial charge in [0.05, 0.1) is 18.1 Å². The summed E-state index contributed by atoms with van der Waals surface area (Å²) in [6.07, 6.45) is 3.66. The van der Waals surface area contributed by atoms with Crippen molar-refractivity contribution in [3.8, 4) is 6.07 Å². The minimum absolute atomic E-state index is 0.0471. The molecule has 104 valence electrons. The van der Waals surface area contributed by atoms with E-state index in [0.717, 1.165) is 35.0 Å². The summed E-state index contributed by atoms with van der Waals surface area (Å²) in [4.78, 5) is 19.4. The molecule has 0 N–H and O–H groups in total. The minimum atomic E-state index is -0.0675. The first kappa shape index (κ1) is 13.3. The number of methoxy groups -OCH3 is 1. The molecular formula is C14H15N3O2S. The number of aryl methyl sites for hydroxylation is 2. The lowest BCUT2D eigenvalue weighted by Crippen LogP contribution is -2.25. The van der Waals surface area contributed by atoms with Crippen LogP contribution in [-0.4, -0.2) is 23.3 Å². The third kappa shape index (κ3) is 2.03. The maximum Gasteiger partial charge on any atom is 0.263 e. The maximum absolute atomic E-state index is 12.7. The molecule has 1 aliphatic rings. The molecule has 0 atom stereocenters. The van der Waals surface area contributed by atoms with Crippen LogP contribution in [0.2, 0.25) is 0 Å². The molecule has 0 amide bonds. The lowest BCUT2D eigenvalue weighted by molar-refractivity contribution is 0.199. The van der Waals surface area contributed by atoms with E-state index in [4.69, 9.17) is 10.00 Å². The van der Waals surface area contributed by atoms with E-state index in [1.54, 1.807) is 18.4 Å². The highest BCUT2D eigenvalue weighted by Crippen LogP contribution is 2.34. The summed E-state index contributed by atoms with van der Waals surface area (Å²) >= 11 is 1.63. The van der Waals surface area contributed by atoms with Crippen molar-refractivity contribution in [2.75, 3.05) is 13.7 Å². The van der Waals surface area contributed by atoms with Crippen molar-refractivity contribution in [2.24, 2.45) is 0 Å². The van der Waals surface area contributed by atoms with Crippen molar-refractivity contribution in [3.63, 3.8) is 0 Å². The van der Waals surface area contributed by atoms with E-state index in [1.165, 1.54) is 9.44 Å². The highest BCUT2D eigenvalue weighted by Gasteiger charge is 2.22. The van der Waals surface area contributed by atoms with Crippen LogP contribution in [0.5, 0.6) is 0 Å². The van der Waals surface area contributed by atoms with Crippen LogP contribution in [0, 0.1) is 11.3 Å². The fourth-order valence-corrected chi connectivity index (χ4v) is 4.01. The topological polar surface area (TPSA) is 67.9 Å². The number of hydrogen-bond acceptors (Lipinski definition) is 5. The Kier molecular flexibility index (Phi) is 3.55. The number of nitrogens with zero attached hydrogens (tertiary/aromatic N) is 3. The Hall–Kier alpha value is -1.71. The number of fused-ring (bicyclic) bond motifs is 3. The average Bonchev–Trinajstić information content (AvgIpc) is 3.00. The summed E-state index contributed by atoms with van der Waals surface area (Å²) in [6.45, 7) is 0.542. The van der Waals surface area contributed by atoms with Gasteiger partial charge in [0.15, 0.2) is 0 Å². The smallest absolute Gasteiger partial charge is 0.263 e. The highest BCUT2D eigenvalue weighted by atomic mass is 32.1. The minimum Gasteiger partial charge on any atom is -0.384 e. The second-order valence-electron chi connectivity index (χ2n) is 4.86. The van der Waals surface area contributed by atoms with Crippen LogP contribution in [-0.2, 0) is 30.5 Å². The van der Waals surface area contributed by atoms with Crippen molar-refractivity contribution in [1.82, 2.24) is 9.55 Å². The second-order valence-corrected chi connectivity index (χ2v) is 5.94. The van der Waals surface area contributed by atoms with Crippen LogP contribution in [0.1, 0.15) is 22.7 Å². The molecule has 0 unspecified atom stereocenters. The predicted octanol–water partition coefficient (Wildman–Crippen LogP) is 1.66. The van der Waals surface area contributed by atoms with Gasteiger partial charge in [-0.05, 0) is 24.8 Å². The summed E-state index contributed by atoms with van der Waals surface area (Å²) in [5.41, 5.74) is 1.09. The highest BCUT2D eigenvalue weighted by molar-refractivity contribution is 7.18. The Morgan fingerprint density at radius 2 is 2.35 bits per heavy atom. The fourth-order valence-electron chi connectivity index (χ4n) is 2.74. The largest absolute Gasteiger partial charge is 0.384 e. The standard InChI is InChI=1S/C14H15N3O2S/c1-19-8-5-11-16-13-12(14(18)17(11)7-6-15)9-3-2-4-10(9)20-13/h2-5,7-8H2,1H3. The third-order valence-electron chi connectivity index (χ3n) is 3.66. The van der Waals surface area contributed by atoms with Gasteiger partial charge in [0.1, 0.15) is 17.2 Å². The lowest BCUT2D eigenvalue weighted by Gasteiger charge is -2.09. The number of nitriles is 1. The van der Waals surface area contributed by atoms with E-state index in [1.807, 2.05) is 0 Å². The van der Waals surface area contributed by atoms with Crippen LogP contribution in [0.4, 0.5) is 0 Å². The number of ether oxygens (including phenoxy) is 1. The molecule has 2 aromatic rings. The molecule has 0 fully saturated rings. The number of hydrogen-bond donors (Lipinski definition) is 0. The molecule has 0 radical (unpaired) electrons. The first-order valence-electron chi connectivity index (χ1n) is 6.66. The summed E-state index contributed by atoms with van der Waals surface area (Å²) in [6, 6.07) is 2.05. The van der Waals surface area contributed by atoms with Crippen molar-refractivity contribution < 1.29 is 4.74 Å². The van der Waals surface area contributed by atoms with Gasteiger partial charge in [-0.15, -0.1) is 11.3 Å². The Morgan fingerprint density at radius 1 is 1.50 bits per heavy atom. The van der Waals surface area contributed by atoms with Gasteiger partial charge in [-0.25, -0.2) is 4.98 Å². The van der Waals surface area contributed by atoms with Crippen molar-refractivity contribution in [3.05, 3.63) is 26.6 Å². The molecule has 0 saturated heterocycles. The third-order valence-corrected chi connectivity index (χ3v) is 4.85. The molecule has 2 aromatic heterocycles. The molecule has 5 nitrogen and oxygen atoms in total. The summed E-state index contributed by atoms with van der Waals surface area (Å²) in [5.74, 6) is 0.644. The lowest BCUT2D eigenvalue weighted by atomic mass is 10.2. The van der Waals surface area contributed by atoms with Crippen molar-refractivity contribution in [2.45, 2.75) is 32.2 Å². The molecule has 20 heavy (non-hydrogen) atoms. The van der Waals surface area contributed by atoms with Gasteiger partial charge in [0.2, 0.25) is 0 Å². The van der Waals surface area contributed by atoms with Crippen molar-refractivity contribution in [1.29, 1.82) is 5.26 Å². The number of aromatic nitrogens is 2. The van der Waals surface area contributed by atoms with E-state index in [2.05, 4.69) is 11.1 Å². The van der Waals surface area contributed by atoms with Gasteiger partial charge < -0.3 is 4.74 Å². The molecule has 0 aromatic carbocycles. The van der Waals surface area contributed by atoms with Crippen molar-refractivity contribution >= 4 is 21.6 Å². The first-order valence-corrected chi connectivity index (χ1v) is 7.47. The number of thiophene rings is 1. The zero-order valence-corrected chi connectivity index (χ0v) is 12.1. The van der Waals surface area contributed by atoms with Crippen LogP contribution in [0.3, 0.4) is 0 Å². The molecule has 0 aliphatic heterocycles. The molecular weight excluding hydrogens is 274 g/mol. The Morgan fingerprint density at radius 3 is 3.10 bits per heavy atom. The zero-order valence-electron chi connectivity index (χ0n) is 11.3. The maximum atomic E-state index is 12.7. The van der Waals surface area contributed by atoms with E-state index in [0.29, 0.717) is 18.9 Å². The van der Waals surface area contributed by atoms with Crippen LogP contribution >= 0.6 is 11.3 Å². The van der Waals surface area contributed by atoms with Gasteiger partial charge in [0.25, 0.3) is 5.56 Å². The van der Waals surface area contributed by atoms with Gasteiger partial charge >= 0.3 is 0 Å². The van der Waals surface area contributed by atoms with E-state index in [-0.39, 0.29) is 12.1 Å². The first-order chi connectivity index (χ1) is 9.76. The normalized spacial score (nSPS) is 13.6. The van der Waals surface area contributed by atoms with Gasteiger partial charge in [-0.3, -0.25) is 9.36 Å². The molecule has 2 heterocycles. The molecule has 0 saturated carbocycles. The number of rotatable bonds is 4. The Labute approximate surface area is 120 Å². The molecule has 1 aliphatic carbocycles. The molecule has 3 rings (SSSR count). The summed E-state index contributed by atoms with van der Waals surface area (Å²) in [7, 11) is 1.62. The quantitative estimate of drug-likeness (QED) is 0.858. The summed E-state index contributed by atoms with van der Waals surface area (Å²) < 4.78 is 6.55. The van der Waals surface area contributed by atoms with E-state index in [9.17, 15) is 4.79 Å². The van der Waals surface area contributed by atoms with E-state index >= 15 is 0 Å². The van der Waals surface area contributed by atoms with E-state index < -0.39 is 0 Å². The zero-order chi connectivity index (χ0) is 14.1. The van der Waals surface area contributed by atoms with Crippen LogP contribution in [0.25, 0.3) is 10.2 Å². The SMILES string of the molecule is COCCc1nc2sc3c(c2c(=O)n1CC#N)CCC3. The van der Waals surface area contributed by atoms with Gasteiger partial charge in [0, 0.05) is 18.4 Å². The van der Waals surface area contributed by atoms with Crippen LogP contribution < -0.4 is 5.56 Å². The molecule has 0 spiro atoms. The fraction of sp³-hybridized carbons (Fsp3) is 0.500. The Bertz CT molecular complexity index is 754. The molecule has 0 bridgehead atoms. The Balaban J connectivity index is 2.22. The van der Waals surface area contributed by atoms with Crippen LogP contribution in [0.15, 0.2) is 4.79 Å². The van der Waals surface area contributed by atoms with Gasteiger partial charge in [-0.2, -0.15) is 5.26 Å².